The summed E-state index contributed by atoms with van der Waals surface area (Å²) in [5.74, 6) is 1.45. The van der Waals surface area contributed by atoms with E-state index in [9.17, 15) is 4.79 Å². The number of carbonyl (C=O) groups is 1. The zero-order valence-electron chi connectivity index (χ0n) is 13.3. The Bertz CT molecular complexity index is 634. The van der Waals surface area contributed by atoms with E-state index >= 15 is 0 Å². The average Bonchev–Trinajstić information content (AvgIpc) is 2.55. The molecule has 0 aliphatic carbocycles. The van der Waals surface area contributed by atoms with Gasteiger partial charge < -0.3 is 14.2 Å². The quantitative estimate of drug-likeness (QED) is 0.767. The number of benzene rings is 2. The van der Waals surface area contributed by atoms with Gasteiger partial charge in [-0.1, -0.05) is 29.8 Å². The molecule has 4 heteroatoms. The van der Waals surface area contributed by atoms with Gasteiger partial charge in [0.25, 0.3) is 0 Å². The molecule has 0 bridgehead atoms. The highest BCUT2D eigenvalue weighted by Gasteiger charge is 2.17. The van der Waals surface area contributed by atoms with Crippen molar-refractivity contribution in [1.82, 2.24) is 0 Å². The second kappa shape index (κ2) is 6.98. The number of ether oxygens (including phenoxy) is 3. The fourth-order valence-corrected chi connectivity index (χ4v) is 2.24. The van der Waals surface area contributed by atoms with Gasteiger partial charge in [-0.05, 0) is 24.6 Å². The van der Waals surface area contributed by atoms with Gasteiger partial charge in [0.05, 0.1) is 21.3 Å². The number of ketones is 1. The Kier molecular flexibility index (Phi) is 5.04. The molecule has 0 unspecified atom stereocenters. The molecule has 116 valence electrons. The third-order valence-electron chi connectivity index (χ3n) is 3.47. The smallest absolute Gasteiger partial charge is 0.203 e. The van der Waals surface area contributed by atoms with E-state index in [4.69, 9.17) is 14.2 Å². The lowest BCUT2D eigenvalue weighted by atomic mass is 10.0. The first-order valence-corrected chi connectivity index (χ1v) is 6.97. The van der Waals surface area contributed by atoms with Crippen molar-refractivity contribution in [2.75, 3.05) is 21.3 Å². The van der Waals surface area contributed by atoms with E-state index in [1.165, 1.54) is 26.9 Å². The molecule has 0 N–H and O–H groups in total. The van der Waals surface area contributed by atoms with Crippen molar-refractivity contribution in [2.45, 2.75) is 13.3 Å². The van der Waals surface area contributed by atoms with E-state index in [0.29, 0.717) is 29.2 Å². The summed E-state index contributed by atoms with van der Waals surface area (Å²) in [7, 11) is 4.60. The third kappa shape index (κ3) is 3.39. The Morgan fingerprint density at radius 2 is 1.45 bits per heavy atom. The largest absolute Gasteiger partial charge is 0.493 e. The van der Waals surface area contributed by atoms with E-state index in [1.54, 1.807) is 12.1 Å². The standard InChI is InChI=1S/C18H20O4/c1-12-5-7-13(8-6-12)9-15(19)14-10-16(20-2)18(22-4)17(11-14)21-3/h5-8,10-11H,9H2,1-4H3. The minimum Gasteiger partial charge on any atom is -0.493 e. The Labute approximate surface area is 130 Å². The van der Waals surface area contributed by atoms with E-state index < -0.39 is 0 Å². The second-order valence-electron chi connectivity index (χ2n) is 5.00. The van der Waals surface area contributed by atoms with Crippen molar-refractivity contribution in [3.63, 3.8) is 0 Å². The van der Waals surface area contributed by atoms with E-state index in [-0.39, 0.29) is 5.78 Å². The van der Waals surface area contributed by atoms with Crippen molar-refractivity contribution < 1.29 is 19.0 Å². The SMILES string of the molecule is COc1cc(C(=O)Cc2ccc(C)cc2)cc(OC)c1OC. The van der Waals surface area contributed by atoms with Crippen molar-refractivity contribution in [3.8, 4) is 17.2 Å². The minimum absolute atomic E-state index is 0.00288. The Morgan fingerprint density at radius 1 is 0.909 bits per heavy atom. The van der Waals surface area contributed by atoms with Gasteiger partial charge >= 0.3 is 0 Å². The van der Waals surface area contributed by atoms with E-state index in [1.807, 2.05) is 31.2 Å². The molecule has 0 fully saturated rings. The molecule has 0 saturated carbocycles. The highest BCUT2D eigenvalue weighted by atomic mass is 16.5. The van der Waals surface area contributed by atoms with E-state index in [0.717, 1.165) is 5.56 Å². The molecular formula is C18H20O4. The fraction of sp³-hybridized carbons (Fsp3) is 0.278. The molecule has 0 radical (unpaired) electrons. The summed E-state index contributed by atoms with van der Waals surface area (Å²) in [6, 6.07) is 11.3. The van der Waals surface area contributed by atoms with Gasteiger partial charge in [0.1, 0.15) is 0 Å². The van der Waals surface area contributed by atoms with Crippen LogP contribution in [0.4, 0.5) is 0 Å². The zero-order valence-corrected chi connectivity index (χ0v) is 13.3. The molecule has 0 amide bonds. The van der Waals surface area contributed by atoms with Gasteiger partial charge in [-0.3, -0.25) is 4.79 Å². The van der Waals surface area contributed by atoms with Crippen molar-refractivity contribution in [1.29, 1.82) is 0 Å². The highest BCUT2D eigenvalue weighted by Crippen LogP contribution is 2.38. The number of rotatable bonds is 6. The Balaban J connectivity index is 2.31. The monoisotopic (exact) mass is 300 g/mol. The lowest BCUT2D eigenvalue weighted by molar-refractivity contribution is 0.0992. The van der Waals surface area contributed by atoms with Gasteiger partial charge in [-0.15, -0.1) is 0 Å². The normalized spacial score (nSPS) is 10.2. The number of methoxy groups -OCH3 is 3. The highest BCUT2D eigenvalue weighted by molar-refractivity contribution is 5.98. The van der Waals surface area contributed by atoms with Crippen LogP contribution in [0.2, 0.25) is 0 Å². The fourth-order valence-electron chi connectivity index (χ4n) is 2.24. The lowest BCUT2D eigenvalue weighted by Gasteiger charge is -2.13. The summed E-state index contributed by atoms with van der Waals surface area (Å²) in [5, 5.41) is 0. The van der Waals surface area contributed by atoms with Crippen molar-refractivity contribution >= 4 is 5.78 Å². The first-order chi connectivity index (χ1) is 10.6. The van der Waals surface area contributed by atoms with Crippen LogP contribution < -0.4 is 14.2 Å². The van der Waals surface area contributed by atoms with Crippen LogP contribution in [0.3, 0.4) is 0 Å². The number of Topliss-reactive ketones (excluding diaryl/α,β-unsaturated/α-hetero) is 1. The third-order valence-corrected chi connectivity index (χ3v) is 3.47. The van der Waals surface area contributed by atoms with Crippen LogP contribution in [0.25, 0.3) is 0 Å². The number of aryl methyl sites for hydroxylation is 1. The van der Waals surface area contributed by atoms with Gasteiger partial charge in [-0.2, -0.15) is 0 Å². The molecule has 2 aromatic rings. The summed E-state index contributed by atoms with van der Waals surface area (Å²) in [6.45, 7) is 2.02. The maximum atomic E-state index is 12.5. The summed E-state index contributed by atoms with van der Waals surface area (Å²) in [4.78, 5) is 12.5. The summed E-state index contributed by atoms with van der Waals surface area (Å²) < 4.78 is 15.8. The first-order valence-electron chi connectivity index (χ1n) is 6.97. The molecule has 0 aliphatic rings. The molecule has 0 spiro atoms. The molecule has 2 aromatic carbocycles. The molecule has 22 heavy (non-hydrogen) atoms. The predicted molar refractivity (Wildman–Crippen MR) is 85.3 cm³/mol. The number of hydrogen-bond acceptors (Lipinski definition) is 4. The van der Waals surface area contributed by atoms with Crippen LogP contribution in [-0.2, 0) is 6.42 Å². The Hall–Kier alpha value is -2.49. The van der Waals surface area contributed by atoms with Crippen LogP contribution in [0, 0.1) is 6.92 Å². The lowest BCUT2D eigenvalue weighted by Crippen LogP contribution is -2.05. The predicted octanol–water partition coefficient (Wildman–Crippen LogP) is 3.45. The maximum Gasteiger partial charge on any atom is 0.203 e. The van der Waals surface area contributed by atoms with Crippen LogP contribution in [0.15, 0.2) is 36.4 Å². The second-order valence-corrected chi connectivity index (χ2v) is 5.00. The Morgan fingerprint density at radius 3 is 1.91 bits per heavy atom. The topological polar surface area (TPSA) is 44.8 Å². The molecule has 0 heterocycles. The van der Waals surface area contributed by atoms with Crippen LogP contribution in [0.5, 0.6) is 17.2 Å². The van der Waals surface area contributed by atoms with Crippen LogP contribution in [-0.4, -0.2) is 27.1 Å². The molecule has 2 rings (SSSR count). The molecule has 0 atom stereocenters. The van der Waals surface area contributed by atoms with Crippen LogP contribution in [0.1, 0.15) is 21.5 Å². The van der Waals surface area contributed by atoms with Gasteiger partial charge in [-0.25, -0.2) is 0 Å². The zero-order chi connectivity index (χ0) is 16.1. The molecule has 0 saturated heterocycles. The van der Waals surface area contributed by atoms with Crippen molar-refractivity contribution in [2.24, 2.45) is 0 Å². The van der Waals surface area contributed by atoms with Crippen LogP contribution >= 0.6 is 0 Å². The number of carbonyl (C=O) groups excluding carboxylic acids is 1. The van der Waals surface area contributed by atoms with Crippen molar-refractivity contribution in [3.05, 3.63) is 53.1 Å². The van der Waals surface area contributed by atoms with E-state index in [2.05, 4.69) is 0 Å². The number of hydrogen-bond donors (Lipinski definition) is 0. The van der Waals surface area contributed by atoms with Gasteiger partial charge in [0, 0.05) is 12.0 Å². The summed E-state index contributed by atoms with van der Waals surface area (Å²) in [6.07, 6.45) is 0.332. The molecule has 0 aliphatic heterocycles. The summed E-state index contributed by atoms with van der Waals surface area (Å²) in [5.41, 5.74) is 2.68. The maximum absolute atomic E-state index is 12.5. The molecule has 0 aromatic heterocycles. The average molecular weight is 300 g/mol. The first kappa shape index (κ1) is 15.9. The molecular weight excluding hydrogens is 280 g/mol. The minimum atomic E-state index is 0.00288. The molecule has 4 nitrogen and oxygen atoms in total. The van der Waals surface area contributed by atoms with Gasteiger partial charge in [0.15, 0.2) is 17.3 Å². The summed E-state index contributed by atoms with van der Waals surface area (Å²) >= 11 is 0. The van der Waals surface area contributed by atoms with Gasteiger partial charge in [0.2, 0.25) is 5.75 Å².